The molecule has 2 aliphatic rings. The topological polar surface area (TPSA) is 73.9 Å². The van der Waals surface area contributed by atoms with E-state index < -0.39 is 0 Å². The van der Waals surface area contributed by atoms with E-state index in [-0.39, 0.29) is 35.4 Å². The van der Waals surface area contributed by atoms with E-state index in [1.165, 1.54) is 0 Å². The number of hydrogen-bond donors (Lipinski definition) is 2. The van der Waals surface area contributed by atoms with Gasteiger partial charge >= 0.3 is 0 Å². The van der Waals surface area contributed by atoms with Crippen molar-refractivity contribution in [1.29, 1.82) is 0 Å². The summed E-state index contributed by atoms with van der Waals surface area (Å²) in [7, 11) is 3.75. The molecule has 31 heavy (non-hydrogen) atoms. The summed E-state index contributed by atoms with van der Waals surface area (Å²) in [5.74, 6) is 0.974. The van der Waals surface area contributed by atoms with Crippen molar-refractivity contribution < 1.29 is 14.3 Å². The van der Waals surface area contributed by atoms with Gasteiger partial charge in [-0.1, -0.05) is 32.9 Å². The van der Waals surface area contributed by atoms with E-state index in [1.807, 2.05) is 24.3 Å². The van der Waals surface area contributed by atoms with Crippen LogP contribution in [0.25, 0.3) is 0 Å². The van der Waals surface area contributed by atoms with E-state index in [1.54, 1.807) is 7.11 Å². The molecule has 1 aromatic rings. The molecular formula is C24H38N4O3. The molecule has 0 spiro atoms. The molecule has 2 N–H and O–H groups in total. The second kappa shape index (κ2) is 10.0. The highest BCUT2D eigenvalue weighted by Gasteiger charge is 2.45. The van der Waals surface area contributed by atoms with E-state index in [0.29, 0.717) is 19.5 Å². The minimum absolute atomic E-state index is 0.0390. The molecule has 0 saturated carbocycles. The van der Waals surface area contributed by atoms with E-state index >= 15 is 0 Å². The van der Waals surface area contributed by atoms with Gasteiger partial charge in [0, 0.05) is 44.7 Å². The van der Waals surface area contributed by atoms with Gasteiger partial charge in [-0.15, -0.1) is 0 Å². The molecule has 2 saturated heterocycles. The van der Waals surface area contributed by atoms with E-state index in [2.05, 4.69) is 48.3 Å². The van der Waals surface area contributed by atoms with Gasteiger partial charge < -0.3 is 15.4 Å². The summed E-state index contributed by atoms with van der Waals surface area (Å²) in [6, 6.07) is 7.97. The van der Waals surface area contributed by atoms with Crippen molar-refractivity contribution in [2.24, 2.45) is 5.41 Å². The molecule has 7 nitrogen and oxygen atoms in total. The molecule has 3 rings (SSSR count). The SMILES string of the molecule is COc1ccc(CNC(=O)CC[C@H]2CNC(=O)[C@@H]3[C@@H](CCN3CC(C)(C)C)N2C)cc1. The Balaban J connectivity index is 1.51. The average molecular weight is 431 g/mol. The van der Waals surface area contributed by atoms with Crippen LogP contribution in [0.3, 0.4) is 0 Å². The van der Waals surface area contributed by atoms with Crippen LogP contribution in [0, 0.1) is 5.41 Å². The summed E-state index contributed by atoms with van der Waals surface area (Å²) in [4.78, 5) is 30.0. The number of benzene rings is 1. The Morgan fingerprint density at radius 2 is 1.97 bits per heavy atom. The minimum atomic E-state index is -0.0990. The molecule has 0 aliphatic carbocycles. The molecule has 1 aromatic carbocycles. The zero-order chi connectivity index (χ0) is 22.6. The average Bonchev–Trinajstić information content (AvgIpc) is 3.08. The molecule has 7 heteroatoms. The van der Waals surface area contributed by atoms with Gasteiger partial charge in [0.05, 0.1) is 7.11 Å². The molecule has 0 radical (unpaired) electrons. The highest BCUT2D eigenvalue weighted by molar-refractivity contribution is 5.83. The molecule has 2 heterocycles. The highest BCUT2D eigenvalue weighted by atomic mass is 16.5. The van der Waals surface area contributed by atoms with Gasteiger partial charge in [-0.25, -0.2) is 0 Å². The second-order valence-electron chi connectivity index (χ2n) is 10.1. The number of methoxy groups -OCH3 is 1. The predicted octanol–water partition coefficient (Wildman–Crippen LogP) is 2.01. The Bertz CT molecular complexity index is 759. The van der Waals surface area contributed by atoms with Gasteiger partial charge in [0.25, 0.3) is 0 Å². The molecule has 2 fully saturated rings. The monoisotopic (exact) mass is 430 g/mol. The third kappa shape index (κ3) is 6.20. The van der Waals surface area contributed by atoms with Crippen molar-refractivity contribution in [3.8, 4) is 5.75 Å². The van der Waals surface area contributed by atoms with Crippen LogP contribution in [0.1, 0.15) is 45.6 Å². The number of fused-ring (bicyclic) bond motifs is 1. The Kier molecular flexibility index (Phi) is 7.59. The lowest BCUT2D eigenvalue weighted by molar-refractivity contribution is -0.126. The van der Waals surface area contributed by atoms with Crippen LogP contribution in [0.2, 0.25) is 0 Å². The van der Waals surface area contributed by atoms with Gasteiger partial charge in [-0.2, -0.15) is 0 Å². The maximum Gasteiger partial charge on any atom is 0.239 e. The lowest BCUT2D eigenvalue weighted by atomic mass is 9.95. The van der Waals surface area contributed by atoms with Gasteiger partial charge in [-0.05, 0) is 43.0 Å². The summed E-state index contributed by atoms with van der Waals surface area (Å²) in [5, 5.41) is 6.14. The van der Waals surface area contributed by atoms with Gasteiger partial charge in [0.1, 0.15) is 11.8 Å². The van der Waals surface area contributed by atoms with Crippen LogP contribution in [0.5, 0.6) is 5.75 Å². The zero-order valence-corrected chi connectivity index (χ0v) is 19.6. The van der Waals surface area contributed by atoms with Crippen LogP contribution in [0.15, 0.2) is 24.3 Å². The van der Waals surface area contributed by atoms with Gasteiger partial charge in [-0.3, -0.25) is 19.4 Å². The normalized spacial score (nSPS) is 24.9. The minimum Gasteiger partial charge on any atom is -0.497 e. The quantitative estimate of drug-likeness (QED) is 0.692. The molecule has 2 aliphatic heterocycles. The number of ether oxygens (including phenoxy) is 1. The number of carbonyl (C=O) groups excluding carboxylic acids is 2. The van der Waals surface area contributed by atoms with Crippen LogP contribution < -0.4 is 15.4 Å². The Morgan fingerprint density at radius 1 is 1.26 bits per heavy atom. The summed E-state index contributed by atoms with van der Waals surface area (Å²) < 4.78 is 5.16. The third-order valence-corrected chi connectivity index (χ3v) is 6.38. The van der Waals surface area contributed by atoms with Crippen LogP contribution in [-0.2, 0) is 16.1 Å². The van der Waals surface area contributed by atoms with E-state index in [4.69, 9.17) is 4.74 Å². The lowest BCUT2D eigenvalue weighted by Gasteiger charge is -2.34. The molecular weight excluding hydrogens is 392 g/mol. The molecule has 0 unspecified atom stereocenters. The van der Waals surface area contributed by atoms with Crippen molar-refractivity contribution in [3.05, 3.63) is 29.8 Å². The van der Waals surface area contributed by atoms with E-state index in [9.17, 15) is 9.59 Å². The Hall–Kier alpha value is -2.12. The number of carbonyl (C=O) groups is 2. The lowest BCUT2D eigenvalue weighted by Crippen LogP contribution is -2.51. The van der Waals surface area contributed by atoms with Gasteiger partial charge in [0.15, 0.2) is 0 Å². The third-order valence-electron chi connectivity index (χ3n) is 6.38. The predicted molar refractivity (Wildman–Crippen MR) is 122 cm³/mol. The number of likely N-dealkylation sites (N-methyl/N-ethyl adjacent to an activating group) is 1. The van der Waals surface area contributed by atoms with E-state index in [0.717, 1.165) is 37.2 Å². The first kappa shape index (κ1) is 23.5. The maximum atomic E-state index is 12.9. The van der Waals surface area contributed by atoms with Crippen LogP contribution in [-0.4, -0.2) is 73.5 Å². The zero-order valence-electron chi connectivity index (χ0n) is 19.6. The van der Waals surface area contributed by atoms with Crippen molar-refractivity contribution in [3.63, 3.8) is 0 Å². The molecule has 172 valence electrons. The maximum absolute atomic E-state index is 12.9. The van der Waals surface area contributed by atoms with Crippen molar-refractivity contribution in [2.45, 2.75) is 64.7 Å². The molecule has 0 bridgehead atoms. The summed E-state index contributed by atoms with van der Waals surface area (Å²) in [6.07, 6.45) is 2.17. The number of hydrogen-bond acceptors (Lipinski definition) is 5. The first-order valence-electron chi connectivity index (χ1n) is 11.3. The summed E-state index contributed by atoms with van der Waals surface area (Å²) in [6.45, 7) is 9.60. The number of likely N-dealkylation sites (tertiary alicyclic amines) is 1. The van der Waals surface area contributed by atoms with Crippen molar-refractivity contribution >= 4 is 11.8 Å². The number of nitrogens with zero attached hydrogens (tertiary/aromatic N) is 2. The largest absolute Gasteiger partial charge is 0.497 e. The first-order valence-corrected chi connectivity index (χ1v) is 11.3. The number of amides is 2. The second-order valence-corrected chi connectivity index (χ2v) is 10.1. The van der Waals surface area contributed by atoms with Crippen LogP contribution >= 0.6 is 0 Å². The number of nitrogens with one attached hydrogen (secondary N) is 2. The van der Waals surface area contributed by atoms with Crippen molar-refractivity contribution in [1.82, 2.24) is 20.4 Å². The van der Waals surface area contributed by atoms with Crippen molar-refractivity contribution in [2.75, 3.05) is 33.8 Å². The smallest absolute Gasteiger partial charge is 0.239 e. The first-order chi connectivity index (χ1) is 14.7. The molecule has 2 amide bonds. The fraction of sp³-hybridized carbons (Fsp3) is 0.667. The fourth-order valence-electron chi connectivity index (χ4n) is 4.77. The Morgan fingerprint density at radius 3 is 2.61 bits per heavy atom. The number of rotatable bonds is 7. The van der Waals surface area contributed by atoms with Crippen LogP contribution in [0.4, 0.5) is 0 Å². The van der Waals surface area contributed by atoms with Gasteiger partial charge in [0.2, 0.25) is 11.8 Å². The standard InChI is InChI=1S/C24H38N4O3/c1-24(2,3)16-28-13-12-20-22(28)23(30)26-15-18(27(20)4)8-11-21(29)25-14-17-6-9-19(31-5)10-7-17/h6-7,9-10,18,20,22H,8,11-16H2,1-5H3,(H,25,29)(H,26,30)/t18-,20+,22-/m0/s1. The highest BCUT2D eigenvalue weighted by Crippen LogP contribution is 2.30. The summed E-state index contributed by atoms with van der Waals surface area (Å²) in [5.41, 5.74) is 1.20. The molecule has 0 aromatic heterocycles. The summed E-state index contributed by atoms with van der Waals surface area (Å²) >= 11 is 0. The fourth-order valence-corrected chi connectivity index (χ4v) is 4.77. The Labute approximate surface area is 186 Å². The molecule has 3 atom stereocenters.